The predicted octanol–water partition coefficient (Wildman–Crippen LogP) is 5.16. The Kier molecular flexibility index (Phi) is 7.30. The van der Waals surface area contributed by atoms with Gasteiger partial charge in [-0.2, -0.15) is 0 Å². The Morgan fingerprint density at radius 2 is 1.78 bits per heavy atom. The van der Waals surface area contributed by atoms with Gasteiger partial charge < -0.3 is 26.2 Å². The molecule has 2 aliphatic rings. The summed E-state index contributed by atoms with van der Waals surface area (Å²) < 4.78 is 0. The summed E-state index contributed by atoms with van der Waals surface area (Å²) in [4.78, 5) is 34.0. The molecule has 0 bridgehead atoms. The lowest BCUT2D eigenvalue weighted by molar-refractivity contribution is -0.121. The smallest absolute Gasteiger partial charge is 0.252 e. The van der Waals surface area contributed by atoms with Crippen molar-refractivity contribution in [3.05, 3.63) is 71.4 Å². The Morgan fingerprint density at radius 3 is 2.46 bits per heavy atom. The van der Waals surface area contributed by atoms with Crippen LogP contribution in [-0.2, 0) is 4.79 Å². The highest BCUT2D eigenvalue weighted by Crippen LogP contribution is 2.40. The van der Waals surface area contributed by atoms with E-state index in [4.69, 9.17) is 17.3 Å². The lowest BCUT2D eigenvalue weighted by Crippen LogP contribution is -2.35. The minimum Gasteiger partial charge on any atom is -0.365 e. The van der Waals surface area contributed by atoms with Crippen molar-refractivity contribution in [2.24, 2.45) is 11.7 Å². The molecule has 0 unspecified atom stereocenters. The van der Waals surface area contributed by atoms with E-state index in [1.54, 1.807) is 12.1 Å². The Hall–Kier alpha value is -3.62. The summed E-state index contributed by atoms with van der Waals surface area (Å²) in [5, 5.41) is 6.76. The fourth-order valence-corrected chi connectivity index (χ4v) is 4.89. The van der Waals surface area contributed by atoms with Gasteiger partial charge in [-0.3, -0.25) is 9.59 Å². The first kappa shape index (κ1) is 25.0. The molecule has 8 nitrogen and oxygen atoms in total. The number of benzene rings is 2. The third-order valence-corrected chi connectivity index (χ3v) is 7.27. The van der Waals surface area contributed by atoms with E-state index >= 15 is 0 Å². The van der Waals surface area contributed by atoms with Crippen LogP contribution in [0.1, 0.15) is 36.0 Å². The van der Waals surface area contributed by atoms with E-state index < -0.39 is 5.91 Å². The predicted molar refractivity (Wildman–Crippen MR) is 148 cm³/mol. The maximum Gasteiger partial charge on any atom is 0.252 e. The number of rotatable bonds is 8. The number of pyridine rings is 1. The molecule has 0 atom stereocenters. The summed E-state index contributed by atoms with van der Waals surface area (Å²) in [5.41, 5.74) is 9.06. The summed E-state index contributed by atoms with van der Waals surface area (Å²) in [6.07, 6.45) is 5.24. The molecule has 3 aromatic rings. The van der Waals surface area contributed by atoms with E-state index in [9.17, 15) is 9.59 Å². The zero-order valence-electron chi connectivity index (χ0n) is 20.8. The molecule has 1 aromatic heterocycles. The van der Waals surface area contributed by atoms with Crippen molar-refractivity contribution < 1.29 is 9.59 Å². The van der Waals surface area contributed by atoms with Crippen molar-refractivity contribution in [3.63, 3.8) is 0 Å². The van der Waals surface area contributed by atoms with Crippen molar-refractivity contribution >= 4 is 52.0 Å². The summed E-state index contributed by atoms with van der Waals surface area (Å²) in [7, 11) is 2.07. The first-order valence-corrected chi connectivity index (χ1v) is 13.0. The highest BCUT2D eigenvalue weighted by Gasteiger charge is 2.33. The molecule has 2 fully saturated rings. The number of piperidine rings is 1. The average Bonchev–Trinajstić information content (AvgIpc) is 3.72. The molecular formula is C28H31ClN6O2. The Labute approximate surface area is 221 Å². The quantitative estimate of drug-likeness (QED) is 0.380. The van der Waals surface area contributed by atoms with Crippen LogP contribution in [0.4, 0.5) is 28.6 Å². The van der Waals surface area contributed by atoms with Gasteiger partial charge >= 0.3 is 0 Å². The largest absolute Gasteiger partial charge is 0.365 e. The van der Waals surface area contributed by atoms with E-state index in [1.165, 1.54) is 6.20 Å². The van der Waals surface area contributed by atoms with E-state index in [1.807, 2.05) is 42.5 Å². The van der Waals surface area contributed by atoms with Crippen LogP contribution >= 0.6 is 11.6 Å². The van der Waals surface area contributed by atoms with Crippen LogP contribution in [0.5, 0.6) is 0 Å². The van der Waals surface area contributed by atoms with Crippen LogP contribution in [0, 0.1) is 5.92 Å². The van der Waals surface area contributed by atoms with E-state index in [0.717, 1.165) is 44.5 Å². The third kappa shape index (κ3) is 5.87. The third-order valence-electron chi connectivity index (χ3n) is 6.94. The number of hydrogen-bond donors (Lipinski definition) is 3. The number of hydrogen-bond acceptors (Lipinski definition) is 6. The van der Waals surface area contributed by atoms with Gasteiger partial charge in [-0.15, -0.1) is 0 Å². The van der Waals surface area contributed by atoms with Gasteiger partial charge in [-0.1, -0.05) is 29.8 Å². The van der Waals surface area contributed by atoms with Gasteiger partial charge in [0.25, 0.3) is 5.91 Å². The van der Waals surface area contributed by atoms with Gasteiger partial charge in [0, 0.05) is 35.6 Å². The molecule has 1 saturated heterocycles. The second-order valence-corrected chi connectivity index (χ2v) is 10.2. The molecule has 0 spiro atoms. The van der Waals surface area contributed by atoms with Crippen molar-refractivity contribution in [2.45, 2.75) is 31.7 Å². The lowest BCUT2D eigenvalue weighted by atomic mass is 9.96. The van der Waals surface area contributed by atoms with Crippen LogP contribution < -0.4 is 21.3 Å². The van der Waals surface area contributed by atoms with Crippen LogP contribution in [0.3, 0.4) is 0 Å². The number of primary amides is 1. The lowest BCUT2D eigenvalue weighted by Gasteiger charge is -2.28. The molecule has 4 N–H and O–H groups in total. The molecule has 0 radical (unpaired) electrons. The Balaban J connectivity index is 1.39. The molecule has 1 aliphatic heterocycles. The Morgan fingerprint density at radius 1 is 1.05 bits per heavy atom. The first-order valence-electron chi connectivity index (χ1n) is 12.6. The van der Waals surface area contributed by atoms with Crippen LogP contribution in [0.25, 0.3) is 0 Å². The maximum absolute atomic E-state index is 12.9. The van der Waals surface area contributed by atoms with E-state index in [-0.39, 0.29) is 11.8 Å². The first-order chi connectivity index (χ1) is 17.9. The Bertz CT molecular complexity index is 1290. The fraction of sp³-hybridized carbons (Fsp3) is 0.321. The molecular weight excluding hydrogens is 488 g/mol. The number of nitrogens with one attached hydrogen (secondary N) is 2. The van der Waals surface area contributed by atoms with Gasteiger partial charge in [0.05, 0.1) is 22.0 Å². The number of carbonyl (C=O) groups is 2. The second kappa shape index (κ2) is 10.8. The van der Waals surface area contributed by atoms with Gasteiger partial charge in [0.1, 0.15) is 5.82 Å². The molecule has 192 valence electrons. The van der Waals surface area contributed by atoms with Crippen LogP contribution in [0.15, 0.2) is 60.8 Å². The zero-order chi connectivity index (χ0) is 25.9. The van der Waals surface area contributed by atoms with E-state index in [0.29, 0.717) is 39.5 Å². The molecule has 1 aliphatic carbocycles. The minimum atomic E-state index is -0.527. The summed E-state index contributed by atoms with van der Waals surface area (Å²) in [5.74, 6) is -0.0142. The molecule has 9 heteroatoms. The summed E-state index contributed by atoms with van der Waals surface area (Å²) in [6, 6.07) is 17.5. The topological polar surface area (TPSA) is 104 Å². The fourth-order valence-electron chi connectivity index (χ4n) is 4.72. The van der Waals surface area contributed by atoms with Crippen molar-refractivity contribution in [2.75, 3.05) is 35.7 Å². The normalized spacial score (nSPS) is 16.3. The monoisotopic (exact) mass is 518 g/mol. The standard InChI is InChI=1S/C28H31ClN6O2/c1-34-13-11-18(12-14-34)28(37)33-24-15-19(7-10-23(24)29)32-26-16-25(22(17-31-26)27(30)36)35(21-8-9-21)20-5-3-2-4-6-20/h2-7,10,15-18,21H,8-9,11-14H2,1H3,(H2,30,36)(H,31,32)(H,33,37). The molecule has 5 rings (SSSR count). The number of para-hydroxylation sites is 1. The number of halogens is 1. The van der Waals surface area contributed by atoms with Gasteiger partial charge in [0.15, 0.2) is 0 Å². The van der Waals surface area contributed by atoms with Crippen molar-refractivity contribution in [1.29, 1.82) is 0 Å². The molecule has 2 heterocycles. The van der Waals surface area contributed by atoms with E-state index in [2.05, 4.69) is 32.5 Å². The average molecular weight is 519 g/mol. The number of aromatic nitrogens is 1. The highest BCUT2D eigenvalue weighted by atomic mass is 35.5. The van der Waals surface area contributed by atoms with Gasteiger partial charge in [0.2, 0.25) is 5.91 Å². The summed E-state index contributed by atoms with van der Waals surface area (Å²) in [6.45, 7) is 1.81. The highest BCUT2D eigenvalue weighted by molar-refractivity contribution is 6.33. The number of anilines is 5. The van der Waals surface area contributed by atoms with Gasteiger partial charge in [-0.05, 0) is 76.2 Å². The number of amides is 2. The number of nitrogens with two attached hydrogens (primary N) is 1. The minimum absolute atomic E-state index is 0.0127. The second-order valence-electron chi connectivity index (χ2n) is 9.77. The van der Waals surface area contributed by atoms with Crippen LogP contribution in [-0.4, -0.2) is 47.9 Å². The molecule has 2 amide bonds. The van der Waals surface area contributed by atoms with Crippen molar-refractivity contribution in [1.82, 2.24) is 9.88 Å². The molecule has 1 saturated carbocycles. The SMILES string of the molecule is CN1CCC(C(=O)Nc2cc(Nc3cc(N(c4ccccc4)C4CC4)c(C(N)=O)cn3)ccc2Cl)CC1. The van der Waals surface area contributed by atoms with Crippen LogP contribution in [0.2, 0.25) is 5.02 Å². The number of carbonyl (C=O) groups excluding carboxylic acids is 2. The molecule has 37 heavy (non-hydrogen) atoms. The summed E-state index contributed by atoms with van der Waals surface area (Å²) >= 11 is 6.41. The zero-order valence-corrected chi connectivity index (χ0v) is 21.5. The van der Waals surface area contributed by atoms with Crippen molar-refractivity contribution in [3.8, 4) is 0 Å². The number of nitrogens with zero attached hydrogens (tertiary/aromatic N) is 3. The molecule has 2 aromatic carbocycles. The number of likely N-dealkylation sites (tertiary alicyclic amines) is 1. The maximum atomic E-state index is 12.9. The van der Waals surface area contributed by atoms with Gasteiger partial charge in [-0.25, -0.2) is 4.98 Å².